The number of halogens is 1. The second kappa shape index (κ2) is 6.14. The molecule has 2 heterocycles. The van der Waals surface area contributed by atoms with Crippen molar-refractivity contribution in [1.29, 1.82) is 0 Å². The molecule has 0 aliphatic heterocycles. The van der Waals surface area contributed by atoms with Crippen molar-refractivity contribution in [2.24, 2.45) is 0 Å². The minimum atomic E-state index is 0.335. The average molecular weight is 324 g/mol. The van der Waals surface area contributed by atoms with E-state index in [1.807, 2.05) is 10.9 Å². The van der Waals surface area contributed by atoms with E-state index in [2.05, 4.69) is 57.1 Å². The molecule has 0 aromatic carbocycles. The minimum Gasteiger partial charge on any atom is -0.369 e. The Labute approximate surface area is 121 Å². The van der Waals surface area contributed by atoms with Gasteiger partial charge in [-0.05, 0) is 36.2 Å². The first-order valence-electron chi connectivity index (χ1n) is 6.42. The number of hydrogen-bond donors (Lipinski definition) is 1. The second-order valence-corrected chi connectivity index (χ2v) is 5.47. The highest BCUT2D eigenvalue weighted by Crippen LogP contribution is 2.23. The van der Waals surface area contributed by atoms with E-state index in [1.54, 1.807) is 12.4 Å². The summed E-state index contributed by atoms with van der Waals surface area (Å²) in [5, 5.41) is 7.59. The monoisotopic (exact) mass is 323 g/mol. The van der Waals surface area contributed by atoms with Crippen molar-refractivity contribution >= 4 is 21.7 Å². The van der Waals surface area contributed by atoms with Crippen LogP contribution in [0.15, 0.2) is 23.1 Å². The fourth-order valence-corrected chi connectivity index (χ4v) is 1.94. The normalized spacial score (nSPS) is 11.0. The van der Waals surface area contributed by atoms with Gasteiger partial charge in [0.2, 0.25) is 0 Å². The second-order valence-electron chi connectivity index (χ2n) is 4.62. The Morgan fingerprint density at radius 2 is 2.16 bits per heavy atom. The maximum atomic E-state index is 4.53. The van der Waals surface area contributed by atoms with E-state index in [9.17, 15) is 0 Å². The van der Waals surface area contributed by atoms with Gasteiger partial charge in [-0.3, -0.25) is 4.68 Å². The lowest BCUT2D eigenvalue weighted by molar-refractivity contribution is 0.532. The first kappa shape index (κ1) is 14.0. The van der Waals surface area contributed by atoms with Gasteiger partial charge in [-0.25, -0.2) is 9.97 Å². The molecule has 0 fully saturated rings. The van der Waals surface area contributed by atoms with Gasteiger partial charge < -0.3 is 5.32 Å². The van der Waals surface area contributed by atoms with E-state index in [0.29, 0.717) is 11.9 Å². The van der Waals surface area contributed by atoms with Crippen molar-refractivity contribution in [2.45, 2.75) is 33.2 Å². The van der Waals surface area contributed by atoms with Crippen LogP contribution in [0.1, 0.15) is 33.2 Å². The Morgan fingerprint density at radius 3 is 2.79 bits per heavy atom. The molecule has 0 unspecified atom stereocenters. The third-order valence-corrected chi connectivity index (χ3v) is 3.26. The maximum Gasteiger partial charge on any atom is 0.164 e. The number of rotatable bonds is 5. The molecule has 0 bridgehead atoms. The zero-order valence-electron chi connectivity index (χ0n) is 11.4. The molecule has 102 valence electrons. The largest absolute Gasteiger partial charge is 0.369 e. The van der Waals surface area contributed by atoms with E-state index in [4.69, 9.17) is 0 Å². The molecule has 0 spiro atoms. The smallest absolute Gasteiger partial charge is 0.164 e. The number of anilines is 1. The van der Waals surface area contributed by atoms with Crippen LogP contribution in [0.2, 0.25) is 0 Å². The Morgan fingerprint density at radius 1 is 1.37 bits per heavy atom. The van der Waals surface area contributed by atoms with Gasteiger partial charge in [0.05, 0.1) is 16.2 Å². The van der Waals surface area contributed by atoms with Gasteiger partial charge in [0.25, 0.3) is 0 Å². The molecule has 0 aliphatic rings. The minimum absolute atomic E-state index is 0.335. The van der Waals surface area contributed by atoms with Crippen molar-refractivity contribution in [1.82, 2.24) is 19.7 Å². The summed E-state index contributed by atoms with van der Waals surface area (Å²) in [5.41, 5.74) is 0.931. The Balaban J connectivity index is 2.28. The SMILES string of the molecule is CCCNc1nc(-c2cnn(C(C)C)c2)ncc1Br. The standard InChI is InChI=1S/C13H18BrN5/c1-4-5-15-13-11(14)7-16-12(18-13)10-6-17-19(8-10)9(2)3/h6-9H,4-5H2,1-3H3,(H,15,16,18). The van der Waals surface area contributed by atoms with Crippen LogP contribution in [0, 0.1) is 0 Å². The molecule has 0 aliphatic carbocycles. The predicted molar refractivity (Wildman–Crippen MR) is 80.1 cm³/mol. The molecule has 0 saturated heterocycles. The Bertz CT molecular complexity index is 550. The van der Waals surface area contributed by atoms with E-state index >= 15 is 0 Å². The lowest BCUT2D eigenvalue weighted by atomic mass is 10.3. The zero-order chi connectivity index (χ0) is 13.8. The van der Waals surface area contributed by atoms with Crippen LogP contribution in [0.5, 0.6) is 0 Å². The van der Waals surface area contributed by atoms with Crippen LogP contribution in [0.4, 0.5) is 5.82 Å². The highest BCUT2D eigenvalue weighted by Gasteiger charge is 2.09. The van der Waals surface area contributed by atoms with Gasteiger partial charge in [-0.15, -0.1) is 0 Å². The lowest BCUT2D eigenvalue weighted by Gasteiger charge is -2.07. The molecular weight excluding hydrogens is 306 g/mol. The molecule has 0 amide bonds. The van der Waals surface area contributed by atoms with Gasteiger partial charge >= 0.3 is 0 Å². The van der Waals surface area contributed by atoms with E-state index in [-0.39, 0.29) is 0 Å². The van der Waals surface area contributed by atoms with Gasteiger partial charge in [0, 0.05) is 25.0 Å². The first-order chi connectivity index (χ1) is 9.11. The average Bonchev–Trinajstić information content (AvgIpc) is 2.87. The van der Waals surface area contributed by atoms with Gasteiger partial charge in [0.1, 0.15) is 5.82 Å². The van der Waals surface area contributed by atoms with Gasteiger partial charge in [-0.1, -0.05) is 6.92 Å². The predicted octanol–water partition coefficient (Wildman–Crippen LogP) is 3.51. The summed E-state index contributed by atoms with van der Waals surface area (Å²) in [5.74, 6) is 1.51. The summed E-state index contributed by atoms with van der Waals surface area (Å²) in [6.07, 6.45) is 6.59. The molecule has 2 aromatic rings. The molecule has 19 heavy (non-hydrogen) atoms. The Kier molecular flexibility index (Phi) is 4.52. The number of nitrogens with one attached hydrogen (secondary N) is 1. The van der Waals surface area contributed by atoms with Crippen molar-refractivity contribution < 1.29 is 0 Å². The summed E-state index contributed by atoms with van der Waals surface area (Å²) in [6, 6.07) is 0.335. The van der Waals surface area contributed by atoms with Gasteiger partial charge in [0.15, 0.2) is 5.82 Å². The summed E-state index contributed by atoms with van der Waals surface area (Å²) >= 11 is 3.45. The third kappa shape index (κ3) is 3.32. The van der Waals surface area contributed by atoms with Crippen LogP contribution in [-0.4, -0.2) is 26.3 Å². The van der Waals surface area contributed by atoms with Crippen LogP contribution in [-0.2, 0) is 0 Å². The fourth-order valence-electron chi connectivity index (χ4n) is 1.61. The quantitative estimate of drug-likeness (QED) is 0.914. The van der Waals surface area contributed by atoms with E-state index in [1.165, 1.54) is 0 Å². The van der Waals surface area contributed by atoms with Crippen molar-refractivity contribution in [3.8, 4) is 11.4 Å². The fraction of sp³-hybridized carbons (Fsp3) is 0.462. The molecular formula is C13H18BrN5. The molecule has 0 radical (unpaired) electrons. The van der Waals surface area contributed by atoms with Crippen LogP contribution >= 0.6 is 15.9 Å². The maximum absolute atomic E-state index is 4.53. The summed E-state index contributed by atoms with van der Waals surface area (Å²) in [6.45, 7) is 7.19. The molecule has 1 N–H and O–H groups in total. The zero-order valence-corrected chi connectivity index (χ0v) is 13.0. The van der Waals surface area contributed by atoms with Crippen molar-refractivity contribution in [2.75, 3.05) is 11.9 Å². The molecule has 0 saturated carbocycles. The van der Waals surface area contributed by atoms with Crippen molar-refractivity contribution in [3.63, 3.8) is 0 Å². The number of aromatic nitrogens is 4. The summed E-state index contributed by atoms with van der Waals surface area (Å²) in [7, 11) is 0. The van der Waals surface area contributed by atoms with Crippen molar-refractivity contribution in [3.05, 3.63) is 23.1 Å². The first-order valence-corrected chi connectivity index (χ1v) is 7.22. The molecule has 2 aromatic heterocycles. The molecule has 5 nitrogen and oxygen atoms in total. The molecule has 2 rings (SSSR count). The number of hydrogen-bond acceptors (Lipinski definition) is 4. The molecule has 6 heteroatoms. The summed E-state index contributed by atoms with van der Waals surface area (Å²) < 4.78 is 2.78. The number of nitrogens with zero attached hydrogens (tertiary/aromatic N) is 4. The highest BCUT2D eigenvalue weighted by molar-refractivity contribution is 9.10. The Hall–Kier alpha value is -1.43. The van der Waals surface area contributed by atoms with Crippen LogP contribution in [0.3, 0.4) is 0 Å². The highest BCUT2D eigenvalue weighted by atomic mass is 79.9. The lowest BCUT2D eigenvalue weighted by Crippen LogP contribution is -2.04. The summed E-state index contributed by atoms with van der Waals surface area (Å²) in [4.78, 5) is 8.87. The van der Waals surface area contributed by atoms with Crippen LogP contribution in [0.25, 0.3) is 11.4 Å². The van der Waals surface area contributed by atoms with E-state index < -0.39 is 0 Å². The topological polar surface area (TPSA) is 55.6 Å². The van der Waals surface area contributed by atoms with Gasteiger partial charge in [-0.2, -0.15) is 5.10 Å². The molecule has 0 atom stereocenters. The van der Waals surface area contributed by atoms with Crippen LogP contribution < -0.4 is 5.32 Å². The van der Waals surface area contributed by atoms with E-state index in [0.717, 1.165) is 28.8 Å². The third-order valence-electron chi connectivity index (χ3n) is 2.68.